The summed E-state index contributed by atoms with van der Waals surface area (Å²) in [5.74, 6) is 0. The van der Waals surface area contributed by atoms with E-state index in [1.807, 2.05) is 0 Å². The summed E-state index contributed by atoms with van der Waals surface area (Å²) in [7, 11) is -6.79. The Hall–Kier alpha value is 0.380. The van der Waals surface area contributed by atoms with E-state index in [4.69, 9.17) is 18.5 Å². The van der Waals surface area contributed by atoms with Crippen LogP contribution in [-0.4, -0.2) is 41.6 Å². The third-order valence-electron chi connectivity index (χ3n) is 5.60. The summed E-state index contributed by atoms with van der Waals surface area (Å²) in [4.78, 5) is 28.8. The molecule has 0 amide bonds. The second kappa shape index (κ2) is 22.8. The molecule has 0 aromatic carbocycles. The number of phosphoric acid groups is 1. The second-order valence-corrected chi connectivity index (χ2v) is 12.0. The molecule has 0 radical (unpaired) electrons. The predicted octanol–water partition coefficient (Wildman–Crippen LogP) is 7.22. The van der Waals surface area contributed by atoms with E-state index in [2.05, 4.69) is 11.4 Å². The maximum absolute atomic E-state index is 11.1. The molecule has 0 aliphatic carbocycles. The number of phosphoric ester groups is 1. The molecule has 0 aliphatic heterocycles. The summed E-state index contributed by atoms with van der Waals surface area (Å²) in [6, 6.07) is 0. The van der Waals surface area contributed by atoms with Crippen molar-refractivity contribution in [3.05, 3.63) is 0 Å². The van der Waals surface area contributed by atoms with E-state index in [0.29, 0.717) is 19.4 Å². The van der Waals surface area contributed by atoms with Crippen molar-refractivity contribution >= 4 is 16.0 Å². The van der Waals surface area contributed by atoms with Crippen LogP contribution in [-0.2, 0) is 22.7 Å². The molecule has 8 nitrogen and oxygen atoms in total. The van der Waals surface area contributed by atoms with Gasteiger partial charge < -0.3 is 0 Å². The van der Waals surface area contributed by atoms with Gasteiger partial charge in [-0.25, -0.2) is 0 Å². The van der Waals surface area contributed by atoms with Crippen LogP contribution < -0.4 is 0 Å². The molecule has 3 N–H and O–H groups in total. The van der Waals surface area contributed by atoms with Gasteiger partial charge in [-0.15, -0.1) is 0 Å². The molecule has 0 bridgehead atoms. The van der Waals surface area contributed by atoms with Crippen LogP contribution in [0.4, 0.5) is 0 Å². The van der Waals surface area contributed by atoms with Gasteiger partial charge in [-0.05, 0) is 0 Å². The fraction of sp³-hybridized carbons (Fsp3) is 1.00. The first-order valence-corrected chi connectivity index (χ1v) is 16.3. The minimum absolute atomic E-state index is 0.142. The summed E-state index contributed by atoms with van der Waals surface area (Å²) in [5, 5.41) is 0. The van der Waals surface area contributed by atoms with Gasteiger partial charge in [-0.3, -0.25) is 0 Å². The fourth-order valence-corrected chi connectivity index (χ4v) is 4.91. The summed E-state index contributed by atoms with van der Waals surface area (Å²) < 4.78 is 30.4. The number of hydrogen-bond donors (Lipinski definition) is 3. The molecule has 202 valence electrons. The Bertz CT molecular complexity index is 466. The van der Waals surface area contributed by atoms with Crippen LogP contribution in [0.25, 0.3) is 0 Å². The van der Waals surface area contributed by atoms with Gasteiger partial charge in [0.25, 0.3) is 0 Å². The van der Waals surface area contributed by atoms with Crippen molar-refractivity contribution in [3.8, 4) is 0 Å². The number of unbranched alkanes of at least 4 members (excludes halogenated alkanes) is 16. The van der Waals surface area contributed by atoms with Crippen LogP contribution in [0.2, 0.25) is 0 Å². The van der Waals surface area contributed by atoms with E-state index in [0.717, 1.165) is 39.2 Å². The molecule has 0 aromatic heterocycles. The summed E-state index contributed by atoms with van der Waals surface area (Å²) >= 11 is 0. The van der Waals surface area contributed by atoms with Crippen LogP contribution in [0.1, 0.15) is 122 Å². The molecule has 0 aliphatic rings. The molecule has 1 unspecified atom stereocenters. The molecule has 1 atom stereocenters. The molecule has 33 heavy (non-hydrogen) atoms. The molecule has 0 aromatic rings. The Morgan fingerprint density at radius 1 is 0.606 bits per heavy atom. The first-order chi connectivity index (χ1) is 15.8. The monoisotopic (exact) mass is 518 g/mol. The normalized spacial score (nSPS) is 14.5. The van der Waals surface area contributed by atoms with Gasteiger partial charge in [0.15, 0.2) is 0 Å². The van der Waals surface area contributed by atoms with E-state index in [1.165, 1.54) is 70.6 Å². The van der Waals surface area contributed by atoms with Gasteiger partial charge in [-0.2, -0.15) is 0 Å². The van der Waals surface area contributed by atoms with Gasteiger partial charge in [0.2, 0.25) is 0 Å². The Labute approximate surface area is 203 Å². The van der Waals surface area contributed by atoms with E-state index in [9.17, 15) is 14.4 Å². The van der Waals surface area contributed by atoms with Gasteiger partial charge in [-0.1, -0.05) is 32.6 Å². The summed E-state index contributed by atoms with van der Waals surface area (Å²) in [5.41, 5.74) is 0. The third kappa shape index (κ3) is 25.3. The maximum atomic E-state index is 11.1. The van der Waals surface area contributed by atoms with Gasteiger partial charge in [0.1, 0.15) is 0 Å². The van der Waals surface area contributed by atoms with Crippen molar-refractivity contribution in [2.45, 2.75) is 122 Å². The topological polar surface area (TPSA) is 115 Å². The van der Waals surface area contributed by atoms with Gasteiger partial charge >= 0.3 is 170 Å². The molecule has 10 heteroatoms. The van der Waals surface area contributed by atoms with Crippen LogP contribution in [0.5, 0.6) is 0 Å². The fourth-order valence-electron chi connectivity index (χ4n) is 3.54. The minimum atomic E-state index is -4.02. The van der Waals surface area contributed by atoms with Crippen LogP contribution >= 0.6 is 16.0 Å². The van der Waals surface area contributed by atoms with Crippen molar-refractivity contribution in [1.82, 2.24) is 0 Å². The predicted molar refractivity (Wildman–Crippen MR) is 136 cm³/mol. The molecule has 0 rings (SSSR count). The molecule has 0 spiro atoms. The molecule has 0 saturated carbocycles. The van der Waals surface area contributed by atoms with Crippen molar-refractivity contribution < 1.29 is 37.3 Å². The van der Waals surface area contributed by atoms with Crippen LogP contribution in [0.3, 0.4) is 0 Å². The molecule has 0 saturated heterocycles. The Morgan fingerprint density at radius 2 is 0.939 bits per heavy atom. The van der Waals surface area contributed by atoms with Crippen molar-refractivity contribution in [2.24, 2.45) is 0 Å². The molecular weight excluding hydrogens is 466 g/mol. The van der Waals surface area contributed by atoms with Crippen LogP contribution in [0, 0.1) is 0 Å². The quantitative estimate of drug-likeness (QED) is 0.0812. The Kier molecular flexibility index (Phi) is 23.1. The van der Waals surface area contributed by atoms with Crippen molar-refractivity contribution in [3.63, 3.8) is 0 Å². The number of rotatable bonds is 26. The average Bonchev–Trinajstić information content (AvgIpc) is 2.78. The SMILES string of the molecule is CCCCCCCCCCCCCCCCO[PH](O)(O)OCCCCCCOP(=O)(O)OC. The Balaban J connectivity index is 3.36. The molecular formula is C23H52O8P2. The van der Waals surface area contributed by atoms with Crippen molar-refractivity contribution in [1.29, 1.82) is 0 Å². The zero-order valence-electron chi connectivity index (χ0n) is 21.2. The summed E-state index contributed by atoms with van der Waals surface area (Å²) in [6.45, 7) is 2.93. The molecule has 0 fully saturated rings. The van der Waals surface area contributed by atoms with Gasteiger partial charge in [0, 0.05) is 0 Å². The second-order valence-electron chi connectivity index (χ2n) is 8.74. The zero-order chi connectivity index (χ0) is 24.7. The van der Waals surface area contributed by atoms with E-state index >= 15 is 0 Å². The van der Waals surface area contributed by atoms with Crippen LogP contribution in [0.15, 0.2) is 0 Å². The third-order valence-corrected chi connectivity index (χ3v) is 7.73. The van der Waals surface area contributed by atoms with E-state index < -0.39 is 16.0 Å². The first-order valence-electron chi connectivity index (χ1n) is 13.1. The zero-order valence-corrected chi connectivity index (χ0v) is 23.1. The molecule has 0 heterocycles. The average molecular weight is 519 g/mol. The Morgan fingerprint density at radius 3 is 1.30 bits per heavy atom. The van der Waals surface area contributed by atoms with E-state index in [-0.39, 0.29) is 13.2 Å². The summed E-state index contributed by atoms with van der Waals surface area (Å²) in [6.07, 6.45) is 20.7. The standard InChI is InChI=1S/C23H52O8P2/c1-3-4-5-6-7-8-9-10-11-12-13-14-15-18-22-30-33(26,27)31-23-20-17-16-19-21-29-32(24,25)28-2/h26-27,33H,3-23H2,1-2H3,(H,24,25). The van der Waals surface area contributed by atoms with Crippen molar-refractivity contribution in [2.75, 3.05) is 26.9 Å². The first kappa shape index (κ1) is 33.4. The number of hydrogen-bond acceptors (Lipinski definition) is 7. The van der Waals surface area contributed by atoms with E-state index in [1.54, 1.807) is 0 Å². The van der Waals surface area contributed by atoms with Gasteiger partial charge in [0.05, 0.1) is 0 Å².